The molecule has 0 fully saturated rings. The van der Waals surface area contributed by atoms with Gasteiger partial charge in [-0.1, -0.05) is 0 Å². The number of rotatable bonds is 4. The van der Waals surface area contributed by atoms with Crippen molar-refractivity contribution in [2.24, 2.45) is 0 Å². The van der Waals surface area contributed by atoms with E-state index in [0.717, 1.165) is 11.1 Å². The van der Waals surface area contributed by atoms with Gasteiger partial charge in [0.1, 0.15) is 22.9 Å². The van der Waals surface area contributed by atoms with Crippen LogP contribution in [0.4, 0.5) is 10.7 Å². The molecule has 1 atom stereocenters. The predicted molar refractivity (Wildman–Crippen MR) is 114 cm³/mol. The standard InChI is InChI=1S/C21H27N5O3/c1-7-22-19-23-13(3)14-12-15(18(27)25(8-2)17(14)24-19)16-10-9-11-26(16,20(28)29)21(4,5)6/h9-12H,7-8H2,1-6H3,(H-,22,23,24,27,28,29)/p+1. The topological polar surface area (TPSA) is 97.1 Å². The van der Waals surface area contributed by atoms with Gasteiger partial charge in [0.05, 0.1) is 5.69 Å². The highest BCUT2D eigenvalue weighted by Gasteiger charge is 2.53. The van der Waals surface area contributed by atoms with Crippen LogP contribution in [-0.2, 0) is 6.54 Å². The molecule has 8 nitrogen and oxygen atoms in total. The summed E-state index contributed by atoms with van der Waals surface area (Å²) < 4.78 is 1.13. The highest BCUT2D eigenvalue weighted by Crippen LogP contribution is 2.41. The zero-order valence-electron chi connectivity index (χ0n) is 17.8. The molecule has 0 bridgehead atoms. The van der Waals surface area contributed by atoms with Crippen molar-refractivity contribution in [2.45, 2.75) is 53.6 Å². The van der Waals surface area contributed by atoms with Crippen molar-refractivity contribution in [3.63, 3.8) is 0 Å². The highest BCUT2D eigenvalue weighted by molar-refractivity contribution is 5.84. The molecule has 1 amide bonds. The molecule has 0 aliphatic carbocycles. The first-order valence-electron chi connectivity index (χ1n) is 9.77. The molecule has 0 radical (unpaired) electrons. The third kappa shape index (κ3) is 3.04. The Morgan fingerprint density at radius 1 is 1.28 bits per heavy atom. The van der Waals surface area contributed by atoms with Crippen LogP contribution in [0.3, 0.4) is 0 Å². The van der Waals surface area contributed by atoms with Gasteiger partial charge in [-0.15, -0.1) is 0 Å². The van der Waals surface area contributed by atoms with E-state index in [2.05, 4.69) is 15.3 Å². The summed E-state index contributed by atoms with van der Waals surface area (Å²) in [4.78, 5) is 34.9. The first kappa shape index (κ1) is 20.7. The van der Waals surface area contributed by atoms with Crippen LogP contribution < -0.4 is 10.9 Å². The van der Waals surface area contributed by atoms with E-state index in [1.807, 2.05) is 41.5 Å². The van der Waals surface area contributed by atoms with E-state index in [1.54, 1.807) is 29.0 Å². The molecule has 2 aromatic rings. The van der Waals surface area contributed by atoms with E-state index in [9.17, 15) is 14.7 Å². The van der Waals surface area contributed by atoms with Crippen LogP contribution >= 0.6 is 0 Å². The maximum absolute atomic E-state index is 13.4. The second-order valence-electron chi connectivity index (χ2n) is 8.08. The lowest BCUT2D eigenvalue weighted by molar-refractivity contribution is -0.783. The molecule has 0 aromatic carbocycles. The van der Waals surface area contributed by atoms with E-state index < -0.39 is 16.1 Å². The summed E-state index contributed by atoms with van der Waals surface area (Å²) in [7, 11) is 0. The zero-order valence-corrected chi connectivity index (χ0v) is 17.8. The molecule has 3 rings (SSSR count). The lowest BCUT2D eigenvalue weighted by atomic mass is 9.99. The Morgan fingerprint density at radius 2 is 1.97 bits per heavy atom. The Hall–Kier alpha value is -3.00. The molecular formula is C21H28N5O3+. The number of aromatic nitrogens is 3. The van der Waals surface area contributed by atoms with Gasteiger partial charge in [-0.25, -0.2) is 4.98 Å². The van der Waals surface area contributed by atoms with Crippen LogP contribution in [0.25, 0.3) is 16.7 Å². The second-order valence-corrected chi connectivity index (χ2v) is 8.08. The number of carbonyl (C=O) groups is 1. The molecule has 8 heteroatoms. The Morgan fingerprint density at radius 3 is 2.52 bits per heavy atom. The van der Waals surface area contributed by atoms with Gasteiger partial charge in [0.15, 0.2) is 5.70 Å². The normalized spacial score (nSPS) is 18.9. The Labute approximate surface area is 169 Å². The number of quaternary nitrogens is 1. The molecule has 154 valence electrons. The number of hydrogen-bond acceptors (Lipinski definition) is 5. The fourth-order valence-electron chi connectivity index (χ4n) is 3.88. The number of pyridine rings is 1. The monoisotopic (exact) mass is 398 g/mol. The fourth-order valence-corrected chi connectivity index (χ4v) is 3.88. The average Bonchev–Trinajstić information content (AvgIpc) is 3.08. The molecule has 1 unspecified atom stereocenters. The summed E-state index contributed by atoms with van der Waals surface area (Å²) in [5.74, 6) is 0.471. The van der Waals surface area contributed by atoms with E-state index in [4.69, 9.17) is 0 Å². The third-order valence-corrected chi connectivity index (χ3v) is 5.37. The van der Waals surface area contributed by atoms with Crippen molar-refractivity contribution >= 4 is 28.8 Å². The summed E-state index contributed by atoms with van der Waals surface area (Å²) in [6, 6.07) is 1.73. The fraction of sp³-hybridized carbons (Fsp3) is 0.429. The summed E-state index contributed by atoms with van der Waals surface area (Å²) in [6.07, 6.45) is 4.00. The minimum absolute atomic E-state index is 0.261. The number of nitrogens with one attached hydrogen (secondary N) is 1. The quantitative estimate of drug-likeness (QED) is 0.762. The van der Waals surface area contributed by atoms with Crippen molar-refractivity contribution < 1.29 is 14.4 Å². The second kappa shape index (κ2) is 7.11. The van der Waals surface area contributed by atoms with Crippen molar-refractivity contribution in [3.05, 3.63) is 46.0 Å². The van der Waals surface area contributed by atoms with Crippen LogP contribution in [0.1, 0.15) is 45.9 Å². The van der Waals surface area contributed by atoms with Gasteiger partial charge in [0.2, 0.25) is 5.95 Å². The lowest BCUT2D eigenvalue weighted by Gasteiger charge is -2.39. The number of fused-ring (bicyclic) bond motifs is 1. The Balaban J connectivity index is 2.36. The lowest BCUT2D eigenvalue weighted by Crippen LogP contribution is -2.57. The van der Waals surface area contributed by atoms with Gasteiger partial charge < -0.3 is 10.4 Å². The molecule has 0 spiro atoms. The van der Waals surface area contributed by atoms with Crippen molar-refractivity contribution in [1.29, 1.82) is 0 Å². The number of hydrogen-bond donors (Lipinski definition) is 2. The molecule has 1 aliphatic rings. The van der Waals surface area contributed by atoms with Crippen LogP contribution in [0, 0.1) is 6.92 Å². The summed E-state index contributed by atoms with van der Waals surface area (Å²) in [5.41, 5.74) is 1.11. The molecule has 0 saturated carbocycles. The van der Waals surface area contributed by atoms with Gasteiger partial charge in [0.25, 0.3) is 5.56 Å². The van der Waals surface area contributed by atoms with E-state index in [0.29, 0.717) is 35.9 Å². The van der Waals surface area contributed by atoms with Gasteiger partial charge in [-0.2, -0.15) is 14.3 Å². The smallest absolute Gasteiger partial charge is 0.435 e. The van der Waals surface area contributed by atoms with Crippen molar-refractivity contribution in [2.75, 3.05) is 11.9 Å². The van der Waals surface area contributed by atoms with Gasteiger partial charge in [0, 0.05) is 24.6 Å². The molecule has 2 N–H and O–H groups in total. The average molecular weight is 398 g/mol. The molecule has 29 heavy (non-hydrogen) atoms. The summed E-state index contributed by atoms with van der Waals surface area (Å²) in [5, 5.41) is 14.0. The van der Waals surface area contributed by atoms with Crippen LogP contribution in [-0.4, -0.2) is 42.3 Å². The molecule has 2 aromatic heterocycles. The van der Waals surface area contributed by atoms with Gasteiger partial charge in [-0.3, -0.25) is 9.36 Å². The van der Waals surface area contributed by atoms with E-state index in [1.165, 1.54) is 0 Å². The molecule has 0 saturated heterocycles. The maximum atomic E-state index is 13.4. The number of carboxylic acid groups (broad SMARTS) is 1. The highest BCUT2D eigenvalue weighted by atomic mass is 16.4. The van der Waals surface area contributed by atoms with Crippen LogP contribution in [0.15, 0.2) is 29.2 Å². The number of anilines is 1. The number of amides is 1. The minimum Gasteiger partial charge on any atom is -0.435 e. The Kier molecular flexibility index (Phi) is 5.08. The minimum atomic E-state index is -1.03. The maximum Gasteiger partial charge on any atom is 0.523 e. The van der Waals surface area contributed by atoms with E-state index >= 15 is 0 Å². The molecule has 3 heterocycles. The summed E-state index contributed by atoms with van der Waals surface area (Å²) in [6.45, 7) is 12.3. The number of nitrogens with zero attached hydrogens (tertiary/aromatic N) is 4. The largest absolute Gasteiger partial charge is 0.523 e. The summed E-state index contributed by atoms with van der Waals surface area (Å²) >= 11 is 0. The van der Waals surface area contributed by atoms with Crippen LogP contribution in [0.2, 0.25) is 0 Å². The first-order valence-corrected chi connectivity index (χ1v) is 9.77. The molecule has 1 aliphatic heterocycles. The number of aryl methyl sites for hydroxylation is 2. The molecular weight excluding hydrogens is 370 g/mol. The SMILES string of the molecule is CCNc1nc(C)c2cc(C3=CC=C[N+]3(C(=O)O)C(C)(C)C)c(=O)n(CC)c2n1. The van der Waals surface area contributed by atoms with Gasteiger partial charge >= 0.3 is 6.09 Å². The first-order chi connectivity index (χ1) is 13.6. The third-order valence-electron chi connectivity index (χ3n) is 5.37. The van der Waals surface area contributed by atoms with Crippen molar-refractivity contribution in [3.8, 4) is 0 Å². The van der Waals surface area contributed by atoms with Crippen LogP contribution in [0.5, 0.6) is 0 Å². The number of allylic oxidation sites excluding steroid dienone is 2. The zero-order chi connectivity index (χ0) is 21.6. The predicted octanol–water partition coefficient (Wildman–Crippen LogP) is 3.71. The van der Waals surface area contributed by atoms with Gasteiger partial charge in [-0.05, 0) is 53.7 Å². The van der Waals surface area contributed by atoms with Crippen molar-refractivity contribution in [1.82, 2.24) is 14.5 Å². The van der Waals surface area contributed by atoms with E-state index in [-0.39, 0.29) is 5.56 Å². The Bertz CT molecular complexity index is 1110.